The minimum absolute atomic E-state index is 0.0720. The second-order valence-electron chi connectivity index (χ2n) is 8.62. The van der Waals surface area contributed by atoms with Crippen molar-refractivity contribution in [3.63, 3.8) is 0 Å². The maximum absolute atomic E-state index is 11.8. The molecule has 0 amide bonds. The van der Waals surface area contributed by atoms with Crippen LogP contribution in [0, 0.1) is 17.3 Å². The van der Waals surface area contributed by atoms with E-state index in [9.17, 15) is 10.1 Å². The van der Waals surface area contributed by atoms with Gasteiger partial charge < -0.3 is 8.83 Å². The number of oxazole rings is 2. The summed E-state index contributed by atoms with van der Waals surface area (Å²) >= 11 is 3.82. The fourth-order valence-electron chi connectivity index (χ4n) is 2.43. The Morgan fingerprint density at radius 2 is 1.21 bits per heavy atom. The summed E-state index contributed by atoms with van der Waals surface area (Å²) in [6.45, 7) is 12.1. The molecule has 29 heavy (non-hydrogen) atoms. The molecule has 0 radical (unpaired) electrons. The Morgan fingerprint density at radius 1 is 0.828 bits per heavy atom. The number of halogens is 2. The van der Waals surface area contributed by atoms with Crippen molar-refractivity contribution in [1.82, 2.24) is 15.0 Å². The van der Waals surface area contributed by atoms with E-state index in [0.717, 1.165) is 11.4 Å². The molecule has 0 bridgehead atoms. The van der Waals surface area contributed by atoms with Gasteiger partial charge in [0.05, 0.1) is 16.3 Å². The summed E-state index contributed by atoms with van der Waals surface area (Å²) < 4.78 is 12.0. The fraction of sp³-hybridized carbons (Fsp3) is 0.421. The molecule has 0 N–H and O–H groups in total. The summed E-state index contributed by atoms with van der Waals surface area (Å²) in [5, 5.41) is 11.8. The number of hydrogen-bond donors (Lipinski definition) is 0. The fourth-order valence-corrected chi connectivity index (χ4v) is 4.58. The van der Waals surface area contributed by atoms with Crippen LogP contribution < -0.4 is 0 Å². The van der Waals surface area contributed by atoms with Gasteiger partial charge in [-0.15, -0.1) is 0 Å². The van der Waals surface area contributed by atoms with E-state index in [1.807, 2.05) is 86.7 Å². The summed E-state index contributed by atoms with van der Waals surface area (Å²) in [6.07, 6.45) is 3.11. The van der Waals surface area contributed by atoms with E-state index in [-0.39, 0.29) is 28.3 Å². The Morgan fingerprint density at radius 3 is 1.48 bits per heavy atom. The highest BCUT2D eigenvalue weighted by Crippen LogP contribution is 2.39. The van der Waals surface area contributed by atoms with Crippen molar-refractivity contribution in [2.45, 2.75) is 52.4 Å². The van der Waals surface area contributed by atoms with Crippen LogP contribution in [0.15, 0.2) is 21.4 Å². The summed E-state index contributed by atoms with van der Waals surface area (Å²) in [7, 11) is 0. The molecule has 0 aliphatic carbocycles. The number of pyridine rings is 1. The molecule has 0 saturated carbocycles. The first-order valence-electron chi connectivity index (χ1n) is 8.77. The minimum Gasteiger partial charge on any atom is -0.443 e. The largest absolute Gasteiger partial charge is 0.443 e. The lowest BCUT2D eigenvalue weighted by Crippen LogP contribution is -2.11. The van der Waals surface area contributed by atoms with Crippen molar-refractivity contribution >= 4 is 50.9 Å². The maximum atomic E-state index is 11.8. The standard InChI is InChI=1S/C19H20I2N4O4/c1-18(2,3)9-7-28-16(22-9)13-11(20)15(25(26)27)12(21)14(24-13)17-23-10(8-29-17)19(4,5)6/h7-8H,1-6H3. The number of hydrogen-bond acceptors (Lipinski definition) is 7. The van der Waals surface area contributed by atoms with Crippen LogP contribution >= 0.6 is 45.2 Å². The zero-order chi connectivity index (χ0) is 21.7. The SMILES string of the molecule is CC(C)(C)c1coc(-c2nc(-c3nc(C(C)(C)C)co3)c(I)c([N+](=O)[O-])c2I)n1. The van der Waals surface area contributed by atoms with Gasteiger partial charge >= 0.3 is 5.69 Å². The van der Waals surface area contributed by atoms with Crippen LogP contribution in [0.2, 0.25) is 0 Å². The molecule has 0 aromatic carbocycles. The Kier molecular flexibility index (Phi) is 5.80. The molecule has 3 aromatic heterocycles. The Hall–Kier alpha value is -1.57. The van der Waals surface area contributed by atoms with Gasteiger partial charge in [0.2, 0.25) is 11.8 Å². The zero-order valence-electron chi connectivity index (χ0n) is 16.8. The van der Waals surface area contributed by atoms with Crippen LogP contribution in [-0.4, -0.2) is 19.9 Å². The van der Waals surface area contributed by atoms with Gasteiger partial charge in [-0.2, -0.15) is 0 Å². The lowest BCUT2D eigenvalue weighted by molar-refractivity contribution is -0.386. The second-order valence-corrected chi connectivity index (χ2v) is 10.8. The summed E-state index contributed by atoms with van der Waals surface area (Å²) in [6, 6.07) is 0. The van der Waals surface area contributed by atoms with E-state index < -0.39 is 4.92 Å². The maximum Gasteiger partial charge on any atom is 0.300 e. The molecule has 0 saturated heterocycles. The van der Waals surface area contributed by atoms with E-state index in [4.69, 9.17) is 8.83 Å². The Bertz CT molecular complexity index is 1010. The molecule has 3 rings (SSSR count). The molecule has 0 aliphatic rings. The van der Waals surface area contributed by atoms with Crippen LogP contribution in [0.3, 0.4) is 0 Å². The lowest BCUT2D eigenvalue weighted by atomic mass is 9.93. The van der Waals surface area contributed by atoms with Crippen LogP contribution in [-0.2, 0) is 10.8 Å². The van der Waals surface area contributed by atoms with Gasteiger partial charge in [-0.1, -0.05) is 41.5 Å². The molecule has 3 heterocycles. The normalized spacial score (nSPS) is 12.4. The van der Waals surface area contributed by atoms with Gasteiger partial charge in [0, 0.05) is 10.8 Å². The molecule has 0 aliphatic heterocycles. The first-order chi connectivity index (χ1) is 13.3. The molecule has 10 heteroatoms. The monoisotopic (exact) mass is 622 g/mol. The Labute approximate surface area is 195 Å². The molecular weight excluding hydrogens is 602 g/mol. The van der Waals surface area contributed by atoms with Gasteiger partial charge in [0.15, 0.2) is 0 Å². The third kappa shape index (κ3) is 4.32. The highest BCUT2D eigenvalue weighted by molar-refractivity contribution is 14.1. The topological polar surface area (TPSA) is 108 Å². The molecule has 8 nitrogen and oxygen atoms in total. The molecule has 0 unspecified atom stereocenters. The highest BCUT2D eigenvalue weighted by Gasteiger charge is 2.32. The zero-order valence-corrected chi connectivity index (χ0v) is 21.1. The summed E-state index contributed by atoms with van der Waals surface area (Å²) in [4.78, 5) is 25.0. The highest BCUT2D eigenvalue weighted by atomic mass is 127. The molecule has 0 fully saturated rings. The first-order valence-corrected chi connectivity index (χ1v) is 10.9. The minimum atomic E-state index is -0.431. The predicted octanol–water partition coefficient (Wildman–Crippen LogP) is 6.10. The van der Waals surface area contributed by atoms with Gasteiger partial charge in [-0.25, -0.2) is 15.0 Å². The van der Waals surface area contributed by atoms with E-state index in [1.165, 1.54) is 0 Å². The quantitative estimate of drug-likeness (QED) is 0.197. The smallest absolute Gasteiger partial charge is 0.300 e. The van der Waals surface area contributed by atoms with Crippen molar-refractivity contribution in [2.75, 3.05) is 0 Å². The Balaban J connectivity index is 2.24. The van der Waals surface area contributed by atoms with Gasteiger partial charge in [-0.3, -0.25) is 10.1 Å². The van der Waals surface area contributed by atoms with Crippen LogP contribution in [0.1, 0.15) is 52.9 Å². The van der Waals surface area contributed by atoms with Crippen molar-refractivity contribution in [3.05, 3.63) is 41.2 Å². The van der Waals surface area contributed by atoms with Crippen molar-refractivity contribution in [3.8, 4) is 23.2 Å². The van der Waals surface area contributed by atoms with Crippen LogP contribution in [0.4, 0.5) is 5.69 Å². The van der Waals surface area contributed by atoms with Gasteiger partial charge in [0.1, 0.15) is 31.1 Å². The summed E-state index contributed by atoms with van der Waals surface area (Å²) in [5.74, 6) is 0.449. The molecule has 0 spiro atoms. The van der Waals surface area contributed by atoms with E-state index in [2.05, 4.69) is 15.0 Å². The number of aromatic nitrogens is 3. The van der Waals surface area contributed by atoms with Crippen molar-refractivity contribution in [1.29, 1.82) is 0 Å². The van der Waals surface area contributed by atoms with Gasteiger partial charge in [-0.05, 0) is 45.2 Å². The predicted molar refractivity (Wildman–Crippen MR) is 125 cm³/mol. The number of nitrogens with zero attached hydrogens (tertiary/aromatic N) is 4. The summed E-state index contributed by atoms with van der Waals surface area (Å²) in [5.41, 5.74) is 1.53. The second kappa shape index (κ2) is 7.60. The number of rotatable bonds is 3. The average molecular weight is 622 g/mol. The van der Waals surface area contributed by atoms with Crippen molar-refractivity contribution in [2.24, 2.45) is 0 Å². The molecule has 154 valence electrons. The molecule has 3 aromatic rings. The van der Waals surface area contributed by atoms with E-state index >= 15 is 0 Å². The average Bonchev–Trinajstić information content (AvgIpc) is 3.23. The van der Waals surface area contributed by atoms with Crippen LogP contribution in [0.5, 0.6) is 0 Å². The van der Waals surface area contributed by atoms with Gasteiger partial charge in [0.25, 0.3) is 0 Å². The first kappa shape index (κ1) is 22.1. The third-order valence-corrected chi connectivity index (χ3v) is 6.23. The van der Waals surface area contributed by atoms with Crippen LogP contribution in [0.25, 0.3) is 23.2 Å². The molecular formula is C19H20I2N4O4. The molecule has 0 atom stereocenters. The van der Waals surface area contributed by atoms with Crippen molar-refractivity contribution < 1.29 is 13.8 Å². The van der Waals surface area contributed by atoms with E-state index in [0.29, 0.717) is 18.5 Å². The number of nitro groups is 1. The lowest BCUT2D eigenvalue weighted by Gasteiger charge is -2.13. The third-order valence-electron chi connectivity index (χ3n) is 4.19. The van der Waals surface area contributed by atoms with E-state index in [1.54, 1.807) is 12.5 Å².